The van der Waals surface area contributed by atoms with Gasteiger partial charge in [-0.3, -0.25) is 13.8 Å². The third kappa shape index (κ3) is 5.37. The first-order valence-corrected chi connectivity index (χ1v) is 13.4. The van der Waals surface area contributed by atoms with Gasteiger partial charge in [-0.15, -0.1) is 0 Å². The minimum atomic E-state index is -3.85. The summed E-state index contributed by atoms with van der Waals surface area (Å²) in [5.41, 5.74) is 1.72. The predicted octanol–water partition coefficient (Wildman–Crippen LogP) is 5.45. The lowest BCUT2D eigenvalue weighted by molar-refractivity contribution is 0.0845. The van der Waals surface area contributed by atoms with Crippen molar-refractivity contribution in [2.75, 3.05) is 48.2 Å². The molecule has 1 aliphatic heterocycles. The number of Topliss-reactive ketones (excluding diaryl/α,β-unsaturated/α-hetero) is 1. The number of fused-ring (bicyclic) bond motifs is 1. The van der Waals surface area contributed by atoms with Gasteiger partial charge >= 0.3 is 7.75 Å². The average Bonchev–Trinajstić information content (AvgIpc) is 2.99. The second-order valence-electron chi connectivity index (χ2n) is 7.58. The second kappa shape index (κ2) is 11.8. The number of halogens is 1. The van der Waals surface area contributed by atoms with Crippen molar-refractivity contribution in [2.24, 2.45) is 0 Å². The Kier molecular flexibility index (Phi) is 9.23. The zero-order valence-corrected chi connectivity index (χ0v) is 23.2. The Morgan fingerprint density at radius 3 is 1.94 bits per heavy atom. The number of hydrogen-bond donors (Lipinski definition) is 0. The molecular weight excluding hydrogens is 541 g/mol. The smallest absolute Gasteiger partial charge is 0.409 e. The molecule has 0 N–H and O–H groups in total. The molecule has 9 nitrogen and oxygen atoms in total. The topological polar surface area (TPSA) is 92.8 Å². The van der Waals surface area contributed by atoms with Crippen molar-refractivity contribution in [3.05, 3.63) is 45.4 Å². The molecule has 35 heavy (non-hydrogen) atoms. The maximum Gasteiger partial charge on any atom is 0.409 e. The van der Waals surface area contributed by atoms with Crippen molar-refractivity contribution in [1.82, 2.24) is 4.67 Å². The normalized spacial score (nSPS) is 16.4. The highest BCUT2D eigenvalue weighted by Crippen LogP contribution is 2.58. The van der Waals surface area contributed by atoms with E-state index in [0.29, 0.717) is 45.0 Å². The molecular formula is C24H31BrNO8P. The van der Waals surface area contributed by atoms with Gasteiger partial charge in [-0.2, -0.15) is 4.67 Å². The molecule has 1 aliphatic rings. The first-order valence-electron chi connectivity index (χ1n) is 11.1. The summed E-state index contributed by atoms with van der Waals surface area (Å²) < 4.78 is 49.3. The zero-order chi connectivity index (χ0) is 25.8. The van der Waals surface area contributed by atoms with Crippen LogP contribution in [0.25, 0.3) is 0 Å². The predicted molar refractivity (Wildman–Crippen MR) is 135 cm³/mol. The van der Waals surface area contributed by atoms with E-state index in [1.54, 1.807) is 38.1 Å². The maximum atomic E-state index is 14.2. The molecule has 0 bridgehead atoms. The minimum Gasteiger partial charge on any atom is -0.493 e. The van der Waals surface area contributed by atoms with E-state index < -0.39 is 13.8 Å². The number of rotatable bonds is 10. The number of ketones is 1. The largest absolute Gasteiger partial charge is 0.493 e. The van der Waals surface area contributed by atoms with Crippen molar-refractivity contribution in [3.63, 3.8) is 0 Å². The van der Waals surface area contributed by atoms with E-state index in [-0.39, 0.29) is 25.5 Å². The number of ether oxygens (including phenoxy) is 4. The van der Waals surface area contributed by atoms with Gasteiger partial charge in [0, 0.05) is 16.6 Å². The summed E-state index contributed by atoms with van der Waals surface area (Å²) in [5, 5.41) is 0. The molecule has 3 rings (SSSR count). The molecule has 2 aromatic rings. The SMILES string of the molecule is CCOP(=O)(OCC)N1CCc2cc(OC)c(OC)cc2C(=O)C1c1cc(OC)c(OC)cc1Br. The van der Waals surface area contributed by atoms with Crippen LogP contribution in [0, 0.1) is 0 Å². The highest BCUT2D eigenvalue weighted by atomic mass is 79.9. The minimum absolute atomic E-state index is 0.149. The van der Waals surface area contributed by atoms with Crippen LogP contribution in [0.15, 0.2) is 28.7 Å². The van der Waals surface area contributed by atoms with Crippen molar-refractivity contribution in [1.29, 1.82) is 0 Å². The number of nitrogens with zero attached hydrogens (tertiary/aromatic N) is 1. The maximum absolute atomic E-state index is 14.2. The first-order chi connectivity index (χ1) is 16.8. The Bertz CT molecular complexity index is 1120. The summed E-state index contributed by atoms with van der Waals surface area (Å²) in [6.45, 7) is 4.00. The molecule has 2 aromatic carbocycles. The molecule has 192 valence electrons. The molecule has 11 heteroatoms. The molecule has 1 unspecified atom stereocenters. The molecule has 0 saturated heterocycles. The number of benzene rings is 2. The van der Waals surface area contributed by atoms with E-state index in [1.165, 1.54) is 33.1 Å². The van der Waals surface area contributed by atoms with Crippen LogP contribution in [0.4, 0.5) is 0 Å². The van der Waals surface area contributed by atoms with Gasteiger partial charge in [0.1, 0.15) is 6.04 Å². The van der Waals surface area contributed by atoms with E-state index >= 15 is 0 Å². The van der Waals surface area contributed by atoms with Crippen molar-refractivity contribution in [2.45, 2.75) is 26.3 Å². The monoisotopic (exact) mass is 571 g/mol. The van der Waals surface area contributed by atoms with E-state index in [2.05, 4.69) is 15.9 Å². The lowest BCUT2D eigenvalue weighted by Gasteiger charge is -2.34. The van der Waals surface area contributed by atoms with E-state index in [4.69, 9.17) is 28.0 Å². The fourth-order valence-corrected chi connectivity index (χ4v) is 6.58. The quantitative estimate of drug-likeness (QED) is 0.345. The Balaban J connectivity index is 2.29. The van der Waals surface area contributed by atoms with Crippen LogP contribution in [-0.2, 0) is 20.0 Å². The molecule has 0 radical (unpaired) electrons. The third-order valence-corrected chi connectivity index (χ3v) is 8.64. The van der Waals surface area contributed by atoms with Crippen LogP contribution in [0.2, 0.25) is 0 Å². The lowest BCUT2D eigenvalue weighted by Crippen LogP contribution is -2.33. The van der Waals surface area contributed by atoms with E-state index in [0.717, 1.165) is 5.56 Å². The van der Waals surface area contributed by atoms with Crippen LogP contribution >= 0.6 is 23.7 Å². The second-order valence-corrected chi connectivity index (χ2v) is 10.4. The molecule has 0 spiro atoms. The fourth-order valence-electron chi connectivity index (χ4n) is 4.16. The molecule has 0 fully saturated rings. The van der Waals surface area contributed by atoms with Crippen LogP contribution in [-0.4, -0.2) is 58.7 Å². The summed E-state index contributed by atoms with van der Waals surface area (Å²) >= 11 is 3.57. The number of carbonyl (C=O) groups is 1. The van der Waals surface area contributed by atoms with Gasteiger partial charge in [0.25, 0.3) is 0 Å². The fraction of sp³-hybridized carbons (Fsp3) is 0.458. The van der Waals surface area contributed by atoms with Gasteiger partial charge in [0.15, 0.2) is 28.8 Å². The number of hydrogen-bond acceptors (Lipinski definition) is 8. The molecule has 1 heterocycles. The third-order valence-electron chi connectivity index (χ3n) is 5.73. The molecule has 0 amide bonds. The summed E-state index contributed by atoms with van der Waals surface area (Å²) in [7, 11) is 2.24. The lowest BCUT2D eigenvalue weighted by atomic mass is 9.94. The molecule has 1 atom stereocenters. The highest BCUT2D eigenvalue weighted by molar-refractivity contribution is 9.10. The van der Waals surface area contributed by atoms with Crippen LogP contribution in [0.5, 0.6) is 23.0 Å². The van der Waals surface area contributed by atoms with Crippen LogP contribution in [0.1, 0.15) is 41.4 Å². The summed E-state index contributed by atoms with van der Waals surface area (Å²) in [6.07, 6.45) is 0.410. The van der Waals surface area contributed by atoms with Gasteiger partial charge in [0.2, 0.25) is 0 Å². The van der Waals surface area contributed by atoms with Crippen molar-refractivity contribution < 1.29 is 37.4 Å². The van der Waals surface area contributed by atoms with Crippen LogP contribution < -0.4 is 18.9 Å². The van der Waals surface area contributed by atoms with Gasteiger partial charge in [-0.1, -0.05) is 15.9 Å². The van der Waals surface area contributed by atoms with E-state index in [9.17, 15) is 9.36 Å². The van der Waals surface area contributed by atoms with Gasteiger partial charge < -0.3 is 18.9 Å². The van der Waals surface area contributed by atoms with Crippen molar-refractivity contribution >= 4 is 29.5 Å². The zero-order valence-electron chi connectivity index (χ0n) is 20.8. The van der Waals surface area contributed by atoms with Gasteiger partial charge in [0.05, 0.1) is 41.7 Å². The first kappa shape index (κ1) is 27.5. The Labute approximate surface area is 214 Å². The standard InChI is InChI=1S/C24H31BrNO8P/c1-7-33-35(28,34-8-2)26-10-9-15-11-19(29-3)20(30-4)12-16(15)24(27)23(26)17-13-21(31-5)22(32-6)14-18(17)25/h11-14,23H,7-10H2,1-6H3. The highest BCUT2D eigenvalue weighted by Gasteiger charge is 2.45. The van der Waals surface area contributed by atoms with Crippen molar-refractivity contribution in [3.8, 4) is 23.0 Å². The van der Waals surface area contributed by atoms with Gasteiger partial charge in [-0.05, 0) is 55.7 Å². The van der Waals surface area contributed by atoms with E-state index in [1.807, 2.05) is 0 Å². The Morgan fingerprint density at radius 2 is 1.40 bits per heavy atom. The molecule has 0 aromatic heterocycles. The average molecular weight is 572 g/mol. The number of methoxy groups -OCH3 is 4. The van der Waals surface area contributed by atoms with Crippen LogP contribution in [0.3, 0.4) is 0 Å². The van der Waals surface area contributed by atoms with Gasteiger partial charge in [-0.25, -0.2) is 4.57 Å². The summed E-state index contributed by atoms with van der Waals surface area (Å²) in [6, 6.07) is 5.85. The Morgan fingerprint density at radius 1 is 0.886 bits per heavy atom. The molecule has 0 saturated carbocycles. The number of carbonyl (C=O) groups excluding carboxylic acids is 1. The summed E-state index contributed by atoms with van der Waals surface area (Å²) in [4.78, 5) is 14.2. The Hall–Kier alpha value is -2.10. The summed E-state index contributed by atoms with van der Waals surface area (Å²) in [5.74, 6) is 1.56. The molecule has 0 aliphatic carbocycles.